The standard InChI is InChI=1S/C18H23N5O3.2ClH/c1-21(12-8-10-4-5-11(9-12)19-10)17(25)14-7-6-13-15(20-14)22(2)18(26)23(3)16(13)24;;/h6-7,10-12,19H,4-5,8-9H2,1-3H3;2*1H. The molecule has 2 atom stereocenters. The van der Waals surface area contributed by atoms with Crippen LogP contribution >= 0.6 is 24.8 Å². The van der Waals surface area contributed by atoms with E-state index in [2.05, 4.69) is 10.3 Å². The van der Waals surface area contributed by atoms with Crippen molar-refractivity contribution in [3.05, 3.63) is 38.7 Å². The number of amides is 1. The number of halogens is 2. The molecule has 2 saturated heterocycles. The number of piperidine rings is 1. The lowest BCUT2D eigenvalue weighted by Crippen LogP contribution is -2.48. The fourth-order valence-electron chi connectivity index (χ4n) is 4.26. The zero-order valence-electron chi connectivity index (χ0n) is 16.0. The number of carbonyl (C=O) groups is 1. The normalized spacial score (nSPS) is 23.0. The van der Waals surface area contributed by atoms with Crippen molar-refractivity contribution in [1.29, 1.82) is 0 Å². The minimum atomic E-state index is -0.456. The van der Waals surface area contributed by atoms with Gasteiger partial charge in [-0.1, -0.05) is 0 Å². The minimum Gasteiger partial charge on any atom is -0.337 e. The van der Waals surface area contributed by atoms with E-state index >= 15 is 0 Å². The molecule has 2 aliphatic rings. The molecule has 2 bridgehead atoms. The number of rotatable bonds is 2. The Morgan fingerprint density at radius 2 is 1.71 bits per heavy atom. The zero-order chi connectivity index (χ0) is 18.6. The molecule has 2 fully saturated rings. The molecule has 2 aromatic rings. The third kappa shape index (κ3) is 3.56. The Bertz CT molecular complexity index is 1010. The van der Waals surface area contributed by atoms with Crippen molar-refractivity contribution >= 4 is 41.8 Å². The fourth-order valence-corrected chi connectivity index (χ4v) is 4.26. The van der Waals surface area contributed by atoms with E-state index in [4.69, 9.17) is 0 Å². The Hall–Kier alpha value is -1.90. The number of hydrogen-bond donors (Lipinski definition) is 1. The Labute approximate surface area is 174 Å². The van der Waals surface area contributed by atoms with Gasteiger partial charge in [0.1, 0.15) is 11.3 Å². The molecule has 0 spiro atoms. The maximum absolute atomic E-state index is 12.9. The molecule has 0 saturated carbocycles. The molecule has 28 heavy (non-hydrogen) atoms. The second-order valence-corrected chi connectivity index (χ2v) is 7.45. The molecule has 4 heterocycles. The lowest BCUT2D eigenvalue weighted by Gasteiger charge is -2.35. The number of fused-ring (bicyclic) bond motifs is 3. The third-order valence-electron chi connectivity index (χ3n) is 5.84. The number of pyridine rings is 1. The average molecular weight is 430 g/mol. The summed E-state index contributed by atoms with van der Waals surface area (Å²) < 4.78 is 2.35. The van der Waals surface area contributed by atoms with Crippen LogP contribution in [0.5, 0.6) is 0 Å². The van der Waals surface area contributed by atoms with Crippen LogP contribution in [0.4, 0.5) is 0 Å². The maximum atomic E-state index is 12.9. The topological polar surface area (TPSA) is 89.2 Å². The zero-order valence-corrected chi connectivity index (χ0v) is 17.7. The summed E-state index contributed by atoms with van der Waals surface area (Å²) in [6.45, 7) is 0. The summed E-state index contributed by atoms with van der Waals surface area (Å²) in [5, 5.41) is 3.90. The van der Waals surface area contributed by atoms with Gasteiger partial charge in [0.25, 0.3) is 11.5 Å². The van der Waals surface area contributed by atoms with Gasteiger partial charge < -0.3 is 10.2 Å². The highest BCUT2D eigenvalue weighted by Gasteiger charge is 2.36. The molecule has 1 N–H and O–H groups in total. The van der Waals surface area contributed by atoms with E-state index in [1.165, 1.54) is 24.5 Å². The Kier molecular flexibility index (Phi) is 6.58. The van der Waals surface area contributed by atoms with Crippen LogP contribution in [-0.4, -0.2) is 50.1 Å². The van der Waals surface area contributed by atoms with Crippen LogP contribution in [0.3, 0.4) is 0 Å². The largest absolute Gasteiger partial charge is 0.337 e. The van der Waals surface area contributed by atoms with Crippen LogP contribution in [0.1, 0.15) is 36.2 Å². The van der Waals surface area contributed by atoms with Gasteiger partial charge in [0.05, 0.1) is 5.39 Å². The summed E-state index contributed by atoms with van der Waals surface area (Å²) in [5.74, 6) is -0.175. The molecule has 2 unspecified atom stereocenters. The third-order valence-corrected chi connectivity index (χ3v) is 5.84. The molecule has 10 heteroatoms. The van der Waals surface area contributed by atoms with Crippen molar-refractivity contribution in [2.24, 2.45) is 14.1 Å². The van der Waals surface area contributed by atoms with Crippen molar-refractivity contribution in [3.8, 4) is 0 Å². The van der Waals surface area contributed by atoms with E-state index in [0.717, 1.165) is 17.4 Å². The van der Waals surface area contributed by atoms with Crippen molar-refractivity contribution in [3.63, 3.8) is 0 Å². The van der Waals surface area contributed by atoms with E-state index in [9.17, 15) is 14.4 Å². The number of nitrogens with one attached hydrogen (secondary N) is 1. The van der Waals surface area contributed by atoms with E-state index in [1.807, 2.05) is 7.05 Å². The number of aromatic nitrogens is 3. The Morgan fingerprint density at radius 3 is 2.32 bits per heavy atom. The van der Waals surface area contributed by atoms with Gasteiger partial charge in [-0.15, -0.1) is 24.8 Å². The fraction of sp³-hybridized carbons (Fsp3) is 0.556. The van der Waals surface area contributed by atoms with Crippen LogP contribution in [0.25, 0.3) is 11.0 Å². The molecule has 0 aliphatic carbocycles. The summed E-state index contributed by atoms with van der Waals surface area (Å²) in [6.07, 6.45) is 4.24. The molecule has 154 valence electrons. The second-order valence-electron chi connectivity index (χ2n) is 7.45. The van der Waals surface area contributed by atoms with Gasteiger partial charge in [-0.05, 0) is 37.8 Å². The first-order valence-electron chi connectivity index (χ1n) is 8.96. The quantitative estimate of drug-likeness (QED) is 0.763. The second kappa shape index (κ2) is 8.23. The van der Waals surface area contributed by atoms with Gasteiger partial charge in [-0.25, -0.2) is 9.78 Å². The molecule has 8 nitrogen and oxygen atoms in total. The Balaban J connectivity index is 0.00000140. The van der Waals surface area contributed by atoms with Crippen LogP contribution in [-0.2, 0) is 14.1 Å². The summed E-state index contributed by atoms with van der Waals surface area (Å²) in [6, 6.07) is 4.32. The first-order valence-corrected chi connectivity index (χ1v) is 8.96. The first kappa shape index (κ1) is 22.4. The predicted molar refractivity (Wildman–Crippen MR) is 112 cm³/mol. The smallest absolute Gasteiger partial charge is 0.332 e. The summed E-state index contributed by atoms with van der Waals surface area (Å²) in [7, 11) is 4.80. The first-order chi connectivity index (χ1) is 12.4. The van der Waals surface area contributed by atoms with E-state index < -0.39 is 11.2 Å². The number of nitrogens with zero attached hydrogens (tertiary/aromatic N) is 4. The van der Waals surface area contributed by atoms with Gasteiger partial charge in [-0.2, -0.15) is 0 Å². The lowest BCUT2D eigenvalue weighted by atomic mass is 9.98. The number of carbonyl (C=O) groups excluding carboxylic acids is 1. The van der Waals surface area contributed by atoms with Crippen LogP contribution in [0.15, 0.2) is 21.7 Å². The lowest BCUT2D eigenvalue weighted by molar-refractivity contribution is 0.0676. The number of hydrogen-bond acceptors (Lipinski definition) is 5. The average Bonchev–Trinajstić information content (AvgIpc) is 3.00. The van der Waals surface area contributed by atoms with Gasteiger partial charge in [0.2, 0.25) is 0 Å². The van der Waals surface area contributed by atoms with E-state index in [-0.39, 0.29) is 48.1 Å². The van der Waals surface area contributed by atoms with Crippen molar-refractivity contribution in [1.82, 2.24) is 24.3 Å². The highest BCUT2D eigenvalue weighted by Crippen LogP contribution is 2.29. The van der Waals surface area contributed by atoms with Crippen LogP contribution in [0.2, 0.25) is 0 Å². The van der Waals surface area contributed by atoms with Crippen LogP contribution < -0.4 is 16.6 Å². The molecule has 2 aromatic heterocycles. The summed E-state index contributed by atoms with van der Waals surface area (Å²) >= 11 is 0. The summed E-state index contributed by atoms with van der Waals surface area (Å²) in [5.41, 5.74) is -0.363. The molecular formula is C18H25Cl2N5O3. The SMILES string of the molecule is CN(C(=O)c1ccc2c(=O)n(C)c(=O)n(C)c2n1)C1CC2CCC(C1)N2.Cl.Cl. The van der Waals surface area contributed by atoms with Crippen molar-refractivity contribution in [2.75, 3.05) is 7.05 Å². The van der Waals surface area contributed by atoms with Gasteiger partial charge in [0.15, 0.2) is 0 Å². The molecule has 0 radical (unpaired) electrons. The van der Waals surface area contributed by atoms with E-state index in [1.54, 1.807) is 24.1 Å². The Morgan fingerprint density at radius 1 is 1.11 bits per heavy atom. The highest BCUT2D eigenvalue weighted by molar-refractivity contribution is 5.94. The molecule has 0 aromatic carbocycles. The highest BCUT2D eigenvalue weighted by atomic mass is 35.5. The van der Waals surface area contributed by atoms with Gasteiger partial charge in [0, 0.05) is 39.3 Å². The van der Waals surface area contributed by atoms with Crippen molar-refractivity contribution in [2.45, 2.75) is 43.8 Å². The van der Waals surface area contributed by atoms with Crippen molar-refractivity contribution < 1.29 is 4.79 Å². The van der Waals surface area contributed by atoms with Gasteiger partial charge >= 0.3 is 5.69 Å². The number of aryl methyl sites for hydroxylation is 1. The maximum Gasteiger partial charge on any atom is 0.332 e. The minimum absolute atomic E-state index is 0. The van der Waals surface area contributed by atoms with E-state index in [0.29, 0.717) is 17.5 Å². The summed E-state index contributed by atoms with van der Waals surface area (Å²) in [4.78, 5) is 43.4. The molecule has 2 aliphatic heterocycles. The van der Waals surface area contributed by atoms with Gasteiger partial charge in [-0.3, -0.25) is 18.7 Å². The molecule has 1 amide bonds. The van der Waals surface area contributed by atoms with Crippen LogP contribution in [0, 0.1) is 0 Å². The molecular weight excluding hydrogens is 405 g/mol. The monoisotopic (exact) mass is 429 g/mol. The molecule has 4 rings (SSSR count). The predicted octanol–water partition coefficient (Wildman–Crippen LogP) is 0.831.